The molecular formula is C74H52FNO2. The van der Waals surface area contributed by atoms with Crippen LogP contribution in [0.1, 0.15) is 53.1 Å². The smallest absolute Gasteiger partial charge is 0.143 e. The number of anilines is 3. The van der Waals surface area contributed by atoms with Crippen molar-refractivity contribution in [1.82, 2.24) is 0 Å². The van der Waals surface area contributed by atoms with Gasteiger partial charge in [-0.2, -0.15) is 0 Å². The molecule has 0 fully saturated rings. The number of ether oxygens (including phenoxy) is 1. The number of fused-ring (bicyclic) bond motifs is 9. The number of nitrogens with zero attached hydrogens (tertiary/aromatic N) is 1. The minimum absolute atomic E-state index is 0.325. The number of hydrogen-bond acceptors (Lipinski definition) is 3. The molecular weight excluding hydrogens is 954 g/mol. The largest absolute Gasteiger partial charge is 0.481 e. The molecule has 0 spiro atoms. The zero-order valence-corrected chi connectivity index (χ0v) is 43.0. The minimum atomic E-state index is -1.02. The van der Waals surface area contributed by atoms with E-state index in [-0.39, 0.29) is 0 Å². The van der Waals surface area contributed by atoms with Gasteiger partial charge in [0.25, 0.3) is 0 Å². The van der Waals surface area contributed by atoms with E-state index in [1.54, 1.807) is 6.08 Å². The molecule has 4 aliphatic rings. The van der Waals surface area contributed by atoms with Crippen LogP contribution < -0.4 is 9.64 Å². The van der Waals surface area contributed by atoms with Gasteiger partial charge in [-0.3, -0.25) is 0 Å². The third-order valence-corrected chi connectivity index (χ3v) is 16.7. The van der Waals surface area contributed by atoms with Crippen LogP contribution in [0.25, 0.3) is 77.6 Å². The van der Waals surface area contributed by atoms with E-state index in [4.69, 9.17) is 9.15 Å². The summed E-state index contributed by atoms with van der Waals surface area (Å²) in [6.07, 6.45) is 12.5. The maximum Gasteiger partial charge on any atom is 0.143 e. The van der Waals surface area contributed by atoms with E-state index in [2.05, 4.69) is 255 Å². The second-order valence-corrected chi connectivity index (χ2v) is 21.2. The number of alkyl halides is 1. The topological polar surface area (TPSA) is 25.6 Å². The molecule has 0 radical (unpaired) electrons. The molecule has 78 heavy (non-hydrogen) atoms. The lowest BCUT2D eigenvalue weighted by atomic mass is 9.65. The molecule has 372 valence electrons. The Kier molecular flexibility index (Phi) is 10.6. The quantitative estimate of drug-likeness (QED) is 0.144. The van der Waals surface area contributed by atoms with Gasteiger partial charge >= 0.3 is 0 Å². The summed E-state index contributed by atoms with van der Waals surface area (Å²) >= 11 is 0. The number of allylic oxidation sites excluding steroid dienone is 6. The van der Waals surface area contributed by atoms with Gasteiger partial charge in [0.05, 0.1) is 5.41 Å². The average Bonchev–Trinajstić information content (AvgIpc) is 4.12. The summed E-state index contributed by atoms with van der Waals surface area (Å²) in [4.78, 5) is 2.42. The first-order chi connectivity index (χ1) is 38.4. The van der Waals surface area contributed by atoms with Crippen molar-refractivity contribution in [3.63, 3.8) is 0 Å². The summed E-state index contributed by atoms with van der Waals surface area (Å²) < 4.78 is 28.7. The molecule has 0 amide bonds. The highest BCUT2D eigenvalue weighted by Crippen LogP contribution is 2.62. The van der Waals surface area contributed by atoms with Gasteiger partial charge in [0.15, 0.2) is 0 Å². The van der Waals surface area contributed by atoms with Crippen molar-refractivity contribution < 1.29 is 13.5 Å². The summed E-state index contributed by atoms with van der Waals surface area (Å²) in [7, 11) is 0. The fraction of sp³-hybridized carbons (Fsp3) is 0.0811. The minimum Gasteiger partial charge on any atom is -0.481 e. The van der Waals surface area contributed by atoms with E-state index in [9.17, 15) is 0 Å². The summed E-state index contributed by atoms with van der Waals surface area (Å²) in [6, 6.07) is 83.5. The summed E-state index contributed by atoms with van der Waals surface area (Å²) in [5.74, 6) is 0.917. The van der Waals surface area contributed by atoms with Crippen molar-refractivity contribution in [1.29, 1.82) is 0 Å². The molecule has 0 bridgehead atoms. The number of para-hydroxylation sites is 3. The molecule has 2 unspecified atom stereocenters. The number of benzene rings is 10. The fourth-order valence-electron chi connectivity index (χ4n) is 13.2. The van der Waals surface area contributed by atoms with Crippen molar-refractivity contribution >= 4 is 50.1 Å². The standard InChI is InChI=1S/C74H52FNO2/c1-73-44-14-13-34-66(73)65-33-18-31-61(72(65)78-73)51-22-16-28-56(46-51)76(55-27-15-21-50(45-55)60-30-17-32-63-62-29-11-12-35-68(62)77-71(60)63)57-40-41-64-67(47-57)74(52-23-7-3-8-24-52,53-25-9-4-10-26-53)70-59(49-36-38-54(75)39-37-49)43-42-58(69(64)70)48-19-5-2-6-20-48/h2-38,40-43,45-47,54H,39,44H2,1H3. The van der Waals surface area contributed by atoms with Crippen LogP contribution in [-0.4, -0.2) is 11.8 Å². The monoisotopic (exact) mass is 1010 g/mol. The van der Waals surface area contributed by atoms with Crippen molar-refractivity contribution in [2.75, 3.05) is 4.90 Å². The van der Waals surface area contributed by atoms with E-state index in [0.29, 0.717) is 6.42 Å². The van der Waals surface area contributed by atoms with E-state index in [1.165, 1.54) is 16.7 Å². The first-order valence-electron chi connectivity index (χ1n) is 27.1. The molecule has 0 saturated carbocycles. The lowest BCUT2D eigenvalue weighted by Gasteiger charge is -2.36. The molecule has 11 aromatic rings. The zero-order chi connectivity index (χ0) is 52.0. The van der Waals surface area contributed by atoms with Crippen LogP contribution in [0.3, 0.4) is 0 Å². The fourth-order valence-corrected chi connectivity index (χ4v) is 13.2. The molecule has 0 saturated heterocycles. The van der Waals surface area contributed by atoms with Crippen molar-refractivity contribution in [2.24, 2.45) is 0 Å². The van der Waals surface area contributed by atoms with Crippen LogP contribution >= 0.6 is 0 Å². The first-order valence-corrected chi connectivity index (χ1v) is 27.1. The number of hydrogen-bond donors (Lipinski definition) is 0. The van der Waals surface area contributed by atoms with Gasteiger partial charge in [-0.05, 0) is 122 Å². The lowest BCUT2D eigenvalue weighted by Crippen LogP contribution is -2.30. The van der Waals surface area contributed by atoms with Crippen molar-refractivity contribution in [2.45, 2.75) is 37.0 Å². The Morgan fingerprint density at radius 2 is 1.13 bits per heavy atom. The third kappa shape index (κ3) is 7.09. The maximum atomic E-state index is 15.1. The Hall–Kier alpha value is -9.51. The molecule has 1 aliphatic heterocycles. The predicted molar refractivity (Wildman–Crippen MR) is 319 cm³/mol. The summed E-state index contributed by atoms with van der Waals surface area (Å²) in [6.45, 7) is 2.20. The van der Waals surface area contributed by atoms with Gasteiger partial charge in [0, 0.05) is 62.9 Å². The Morgan fingerprint density at radius 1 is 0.526 bits per heavy atom. The van der Waals surface area contributed by atoms with E-state index in [0.717, 1.165) is 124 Å². The average molecular weight is 1010 g/mol. The Labute approximate surface area is 453 Å². The molecule has 1 aromatic heterocycles. The molecule has 15 rings (SSSR count). The van der Waals surface area contributed by atoms with Gasteiger partial charge in [-0.15, -0.1) is 0 Å². The summed E-state index contributed by atoms with van der Waals surface area (Å²) in [5, 5.41) is 2.19. The van der Waals surface area contributed by atoms with Crippen LogP contribution in [0.15, 0.2) is 271 Å². The highest BCUT2D eigenvalue weighted by Gasteiger charge is 2.49. The number of halogens is 1. The first kappa shape index (κ1) is 45.8. The number of furan rings is 1. The van der Waals surface area contributed by atoms with Crippen molar-refractivity contribution in [3.8, 4) is 50.3 Å². The Bertz CT molecular complexity index is 4290. The van der Waals surface area contributed by atoms with E-state index >= 15 is 4.39 Å². The predicted octanol–water partition coefficient (Wildman–Crippen LogP) is 19.6. The van der Waals surface area contributed by atoms with E-state index < -0.39 is 17.2 Å². The maximum absolute atomic E-state index is 15.1. The zero-order valence-electron chi connectivity index (χ0n) is 43.0. The normalized spacial score (nSPS) is 17.4. The van der Waals surface area contributed by atoms with Crippen LogP contribution in [0.2, 0.25) is 0 Å². The molecule has 3 aliphatic carbocycles. The van der Waals surface area contributed by atoms with Gasteiger partial charge < -0.3 is 14.1 Å². The molecule has 2 heterocycles. The Morgan fingerprint density at radius 3 is 1.87 bits per heavy atom. The van der Waals surface area contributed by atoms with Crippen molar-refractivity contribution in [3.05, 3.63) is 300 Å². The molecule has 0 N–H and O–H groups in total. The van der Waals surface area contributed by atoms with Gasteiger partial charge in [-0.1, -0.05) is 218 Å². The highest BCUT2D eigenvalue weighted by molar-refractivity contribution is 6.10. The van der Waals surface area contributed by atoms with Gasteiger partial charge in [0.1, 0.15) is 28.7 Å². The molecule has 4 heteroatoms. The summed E-state index contributed by atoms with van der Waals surface area (Å²) in [5.41, 5.74) is 21.4. The SMILES string of the molecule is CC12CC=CC=C1c1cccc(-c3cccc(N(c4cccc(-c5cccc6c5oc5ccccc56)c4)c4ccc5c(c4)C(c4ccccc4)(c4ccccc4)c4c(C6=CCC(F)C=C6)ccc(-c6ccccc6)c4-5)c3)c1O2. The van der Waals surface area contributed by atoms with Crippen LogP contribution in [0.4, 0.5) is 21.5 Å². The van der Waals surface area contributed by atoms with Gasteiger partial charge in [0.2, 0.25) is 0 Å². The Balaban J connectivity index is 0.999. The van der Waals surface area contributed by atoms with Gasteiger partial charge in [-0.25, -0.2) is 4.39 Å². The van der Waals surface area contributed by atoms with Crippen LogP contribution in [0, 0.1) is 0 Å². The number of rotatable bonds is 9. The molecule has 10 aromatic carbocycles. The molecule has 2 atom stereocenters. The second kappa shape index (κ2) is 18.1. The highest BCUT2D eigenvalue weighted by atomic mass is 19.1. The van der Waals surface area contributed by atoms with Crippen LogP contribution in [-0.2, 0) is 5.41 Å². The lowest BCUT2D eigenvalue weighted by molar-refractivity contribution is 0.171. The molecule has 3 nitrogen and oxygen atoms in total. The third-order valence-electron chi connectivity index (χ3n) is 16.7. The second-order valence-electron chi connectivity index (χ2n) is 21.2. The van der Waals surface area contributed by atoms with E-state index in [1.807, 2.05) is 18.2 Å². The van der Waals surface area contributed by atoms with Crippen LogP contribution in [0.5, 0.6) is 5.75 Å².